The summed E-state index contributed by atoms with van der Waals surface area (Å²) in [6.45, 7) is 12.0. The Morgan fingerprint density at radius 1 is 1.07 bits per heavy atom. The van der Waals surface area contributed by atoms with Crippen LogP contribution in [-0.4, -0.2) is 83.5 Å². The zero-order valence-corrected chi connectivity index (χ0v) is 18.6. The van der Waals surface area contributed by atoms with E-state index in [9.17, 15) is 14.4 Å². The largest absolute Gasteiger partial charge is 0.342 e. The van der Waals surface area contributed by atoms with Gasteiger partial charge in [0.1, 0.15) is 0 Å². The molecule has 7 nitrogen and oxygen atoms in total. The van der Waals surface area contributed by atoms with E-state index in [1.54, 1.807) is 0 Å². The highest BCUT2D eigenvalue weighted by atomic mass is 32.2. The van der Waals surface area contributed by atoms with Gasteiger partial charge in [0, 0.05) is 56.8 Å². The summed E-state index contributed by atoms with van der Waals surface area (Å²) in [5.41, 5.74) is 0.746. The molecule has 1 fully saturated rings. The van der Waals surface area contributed by atoms with Crippen LogP contribution in [-0.2, 0) is 14.4 Å². The van der Waals surface area contributed by atoms with Gasteiger partial charge < -0.3 is 15.1 Å². The number of benzene rings is 1. The van der Waals surface area contributed by atoms with Crippen molar-refractivity contribution in [3.05, 3.63) is 24.3 Å². The number of likely N-dealkylation sites (N-methyl/N-ethyl adjacent to an activating group) is 1. The van der Waals surface area contributed by atoms with Crippen molar-refractivity contribution >= 4 is 35.2 Å². The maximum absolute atomic E-state index is 12.8. The van der Waals surface area contributed by atoms with Gasteiger partial charge in [0.05, 0.1) is 11.8 Å². The second kappa shape index (κ2) is 11.2. The van der Waals surface area contributed by atoms with Crippen LogP contribution in [0, 0.1) is 0 Å². The summed E-state index contributed by atoms with van der Waals surface area (Å²) < 4.78 is 0. The minimum atomic E-state index is -0.189. The third-order valence-electron chi connectivity index (χ3n) is 4.99. The summed E-state index contributed by atoms with van der Waals surface area (Å²) in [5, 5.41) is 2.55. The summed E-state index contributed by atoms with van der Waals surface area (Å²) in [7, 11) is 0. The Morgan fingerprint density at radius 3 is 2.17 bits per heavy atom. The van der Waals surface area contributed by atoms with Crippen molar-refractivity contribution in [2.24, 2.45) is 0 Å². The molecule has 0 aliphatic carbocycles. The first kappa shape index (κ1) is 23.2. The molecule has 0 radical (unpaired) electrons. The van der Waals surface area contributed by atoms with Crippen molar-refractivity contribution in [1.29, 1.82) is 0 Å². The first-order valence-electron chi connectivity index (χ1n) is 10.2. The lowest BCUT2D eigenvalue weighted by Gasteiger charge is -2.36. The molecule has 1 aromatic carbocycles. The summed E-state index contributed by atoms with van der Waals surface area (Å²) in [4.78, 5) is 43.0. The van der Waals surface area contributed by atoms with Crippen LogP contribution in [0.5, 0.6) is 0 Å². The molecule has 0 saturated carbocycles. The van der Waals surface area contributed by atoms with Gasteiger partial charge in [-0.2, -0.15) is 0 Å². The van der Waals surface area contributed by atoms with E-state index >= 15 is 0 Å². The first-order chi connectivity index (χ1) is 13.8. The van der Waals surface area contributed by atoms with Gasteiger partial charge in [-0.25, -0.2) is 0 Å². The average Bonchev–Trinajstić information content (AvgIpc) is 2.70. The number of hydrogen-bond acceptors (Lipinski definition) is 5. The highest BCUT2D eigenvalue weighted by Gasteiger charge is 2.26. The Kier molecular flexibility index (Phi) is 8.98. The lowest BCUT2D eigenvalue weighted by Crippen LogP contribution is -2.52. The summed E-state index contributed by atoms with van der Waals surface area (Å²) in [6, 6.07) is 7.51. The standard InChI is InChI=1S/C21H32N4O3S/c1-5-24(6-2)20(27)15-23-11-13-25(14-12-23)21(28)16(3)29-19-9-7-18(8-10-19)22-17(4)26/h7-10,16H,5-6,11-15H2,1-4H3,(H,22,26). The number of nitrogens with one attached hydrogen (secondary N) is 1. The molecule has 1 atom stereocenters. The molecule has 1 aliphatic rings. The number of rotatable bonds is 8. The fraction of sp³-hybridized carbons (Fsp3) is 0.571. The topological polar surface area (TPSA) is 73.0 Å². The van der Waals surface area contributed by atoms with Gasteiger partial charge in [-0.15, -0.1) is 11.8 Å². The Morgan fingerprint density at radius 2 is 1.66 bits per heavy atom. The second-order valence-electron chi connectivity index (χ2n) is 7.13. The van der Waals surface area contributed by atoms with E-state index in [0.29, 0.717) is 19.6 Å². The minimum absolute atomic E-state index is 0.105. The molecule has 0 spiro atoms. The quantitative estimate of drug-likeness (QED) is 0.653. The van der Waals surface area contributed by atoms with Crippen LogP contribution in [0.3, 0.4) is 0 Å². The Hall–Kier alpha value is -2.06. The number of hydrogen-bond donors (Lipinski definition) is 1. The molecular formula is C21H32N4O3S. The molecule has 0 aromatic heterocycles. The molecule has 8 heteroatoms. The number of anilines is 1. The van der Waals surface area contributed by atoms with Crippen molar-refractivity contribution in [1.82, 2.24) is 14.7 Å². The molecular weight excluding hydrogens is 388 g/mol. The van der Waals surface area contributed by atoms with Gasteiger partial charge >= 0.3 is 0 Å². The maximum atomic E-state index is 12.8. The molecule has 160 valence electrons. The third-order valence-corrected chi connectivity index (χ3v) is 6.09. The highest BCUT2D eigenvalue weighted by molar-refractivity contribution is 8.00. The Balaban J connectivity index is 1.80. The van der Waals surface area contributed by atoms with E-state index < -0.39 is 0 Å². The van der Waals surface area contributed by atoms with Crippen molar-refractivity contribution in [2.75, 3.05) is 51.1 Å². The van der Waals surface area contributed by atoms with E-state index in [1.165, 1.54) is 18.7 Å². The normalized spacial score (nSPS) is 15.7. The molecule has 1 saturated heterocycles. The fourth-order valence-corrected chi connectivity index (χ4v) is 4.28. The summed E-state index contributed by atoms with van der Waals surface area (Å²) >= 11 is 1.52. The number of carbonyl (C=O) groups excluding carboxylic acids is 3. The third kappa shape index (κ3) is 7.04. The molecule has 1 N–H and O–H groups in total. The lowest BCUT2D eigenvalue weighted by molar-refractivity contribution is -0.134. The molecule has 1 aromatic rings. The number of amides is 3. The van der Waals surface area contributed by atoms with Crippen molar-refractivity contribution in [3.63, 3.8) is 0 Å². The van der Waals surface area contributed by atoms with E-state index in [0.717, 1.165) is 36.8 Å². The predicted molar refractivity (Wildman–Crippen MR) is 117 cm³/mol. The van der Waals surface area contributed by atoms with Crippen LogP contribution < -0.4 is 5.32 Å². The number of thioether (sulfide) groups is 1. The van der Waals surface area contributed by atoms with Gasteiger partial charge in [0.25, 0.3) is 0 Å². The zero-order chi connectivity index (χ0) is 21.4. The van der Waals surface area contributed by atoms with Crippen LogP contribution in [0.15, 0.2) is 29.2 Å². The molecule has 29 heavy (non-hydrogen) atoms. The van der Waals surface area contributed by atoms with E-state index in [-0.39, 0.29) is 23.0 Å². The molecule has 1 aliphatic heterocycles. The van der Waals surface area contributed by atoms with Crippen molar-refractivity contribution in [3.8, 4) is 0 Å². The van der Waals surface area contributed by atoms with Crippen LogP contribution in [0.1, 0.15) is 27.7 Å². The Labute approximate surface area is 177 Å². The van der Waals surface area contributed by atoms with Crippen LogP contribution in [0.25, 0.3) is 0 Å². The van der Waals surface area contributed by atoms with Crippen molar-refractivity contribution < 1.29 is 14.4 Å². The molecule has 0 bridgehead atoms. The average molecular weight is 421 g/mol. The minimum Gasteiger partial charge on any atom is -0.342 e. The molecule has 1 heterocycles. The van der Waals surface area contributed by atoms with Gasteiger partial charge in [-0.1, -0.05) is 0 Å². The van der Waals surface area contributed by atoms with Gasteiger partial charge in [0.15, 0.2) is 0 Å². The second-order valence-corrected chi connectivity index (χ2v) is 8.55. The molecule has 3 amide bonds. The van der Waals surface area contributed by atoms with Crippen LogP contribution >= 0.6 is 11.8 Å². The number of nitrogens with zero attached hydrogens (tertiary/aromatic N) is 3. The monoisotopic (exact) mass is 420 g/mol. The Bertz CT molecular complexity index is 698. The lowest BCUT2D eigenvalue weighted by atomic mass is 10.2. The molecule has 1 unspecified atom stereocenters. The number of carbonyl (C=O) groups is 3. The number of piperazine rings is 1. The van der Waals surface area contributed by atoms with E-state index in [2.05, 4.69) is 10.2 Å². The van der Waals surface area contributed by atoms with Crippen LogP contribution in [0.4, 0.5) is 5.69 Å². The smallest absolute Gasteiger partial charge is 0.236 e. The predicted octanol–water partition coefficient (Wildman–Crippen LogP) is 2.14. The highest BCUT2D eigenvalue weighted by Crippen LogP contribution is 2.26. The van der Waals surface area contributed by atoms with Crippen molar-refractivity contribution in [2.45, 2.75) is 37.8 Å². The van der Waals surface area contributed by atoms with Gasteiger partial charge in [-0.3, -0.25) is 19.3 Å². The van der Waals surface area contributed by atoms with Crippen LogP contribution in [0.2, 0.25) is 0 Å². The molecule has 2 rings (SSSR count). The zero-order valence-electron chi connectivity index (χ0n) is 17.8. The SMILES string of the molecule is CCN(CC)C(=O)CN1CCN(C(=O)C(C)Sc2ccc(NC(C)=O)cc2)CC1. The summed E-state index contributed by atoms with van der Waals surface area (Å²) in [5.74, 6) is 0.170. The first-order valence-corrected chi connectivity index (χ1v) is 11.0. The maximum Gasteiger partial charge on any atom is 0.236 e. The summed E-state index contributed by atoms with van der Waals surface area (Å²) in [6.07, 6.45) is 0. The van der Waals surface area contributed by atoms with Gasteiger partial charge in [-0.05, 0) is 45.0 Å². The van der Waals surface area contributed by atoms with Gasteiger partial charge in [0.2, 0.25) is 17.7 Å². The van der Waals surface area contributed by atoms with E-state index in [1.807, 2.05) is 54.8 Å². The van der Waals surface area contributed by atoms with E-state index in [4.69, 9.17) is 0 Å². The fourth-order valence-electron chi connectivity index (χ4n) is 3.33.